The Labute approximate surface area is 200 Å². The molecule has 2 heterocycles. The van der Waals surface area contributed by atoms with Gasteiger partial charge in [0.2, 0.25) is 0 Å². The number of alkyl halides is 3. The number of fused-ring (bicyclic) bond motifs is 1. The molecule has 1 unspecified atom stereocenters. The first-order valence-electron chi connectivity index (χ1n) is 10.6. The monoisotopic (exact) mass is 489 g/mol. The van der Waals surface area contributed by atoms with E-state index in [0.717, 1.165) is 41.2 Å². The van der Waals surface area contributed by atoms with Crippen molar-refractivity contribution in [3.63, 3.8) is 0 Å². The Bertz CT molecular complexity index is 1210. The highest BCUT2D eigenvalue weighted by Crippen LogP contribution is 2.41. The molecule has 0 spiro atoms. The van der Waals surface area contributed by atoms with Crippen molar-refractivity contribution in [2.75, 3.05) is 23.5 Å². The maximum Gasteiger partial charge on any atom is 0.417 e. The summed E-state index contributed by atoms with van der Waals surface area (Å²) in [5.74, 6) is 0.259. The molecule has 34 heavy (non-hydrogen) atoms. The average molecular weight is 490 g/mol. The number of carbonyl (C=O) groups excluding carboxylic acids is 1. The highest BCUT2D eigenvalue weighted by atomic mass is 32.1. The summed E-state index contributed by atoms with van der Waals surface area (Å²) in [6.45, 7) is 3.82. The molecule has 0 aliphatic carbocycles. The number of thiocarbonyl (C=S) groups is 1. The van der Waals surface area contributed by atoms with Crippen molar-refractivity contribution in [2.45, 2.75) is 44.5 Å². The minimum atomic E-state index is -4.75. The van der Waals surface area contributed by atoms with Gasteiger partial charge in [-0.1, -0.05) is 0 Å². The van der Waals surface area contributed by atoms with E-state index < -0.39 is 28.7 Å². The molecule has 1 saturated heterocycles. The molecule has 2 aromatic rings. The van der Waals surface area contributed by atoms with Gasteiger partial charge in [-0.2, -0.15) is 18.4 Å². The van der Waals surface area contributed by atoms with E-state index in [1.165, 1.54) is 6.07 Å². The molecule has 6 nitrogen and oxygen atoms in total. The predicted molar refractivity (Wildman–Crippen MR) is 124 cm³/mol. The second-order valence-corrected chi connectivity index (χ2v) is 9.05. The van der Waals surface area contributed by atoms with Gasteiger partial charge in [-0.05, 0) is 80.9 Å². The van der Waals surface area contributed by atoms with Gasteiger partial charge in [0, 0.05) is 12.8 Å². The third-order valence-electron chi connectivity index (χ3n) is 6.04. The molecule has 0 radical (unpaired) electrons. The molecule has 0 bridgehead atoms. The van der Waals surface area contributed by atoms with Gasteiger partial charge >= 0.3 is 6.18 Å². The molecule has 1 fully saturated rings. The minimum absolute atomic E-state index is 0.0380. The fraction of sp³-hybridized carbons (Fsp3) is 0.375. The molecule has 0 saturated carbocycles. The number of hydrogen-bond donors (Lipinski definition) is 0. The van der Waals surface area contributed by atoms with Crippen LogP contribution in [0.2, 0.25) is 0 Å². The van der Waals surface area contributed by atoms with Gasteiger partial charge in [0.1, 0.15) is 17.4 Å². The summed E-state index contributed by atoms with van der Waals surface area (Å²) in [4.78, 5) is 16.1. The quantitative estimate of drug-likeness (QED) is 0.573. The van der Waals surface area contributed by atoms with E-state index in [1.54, 1.807) is 38.0 Å². The molecular formula is C24H22F3N3O3S. The van der Waals surface area contributed by atoms with Gasteiger partial charge in [0.25, 0.3) is 5.91 Å². The maximum atomic E-state index is 13.5. The van der Waals surface area contributed by atoms with Gasteiger partial charge in [0.15, 0.2) is 5.11 Å². The second-order valence-electron chi connectivity index (χ2n) is 8.68. The summed E-state index contributed by atoms with van der Waals surface area (Å²) >= 11 is 5.59. The van der Waals surface area contributed by atoms with Gasteiger partial charge < -0.3 is 14.4 Å². The van der Waals surface area contributed by atoms with Crippen LogP contribution in [-0.4, -0.2) is 36.4 Å². The Hall–Kier alpha value is -3.16. The summed E-state index contributed by atoms with van der Waals surface area (Å²) in [5, 5.41) is 9.13. The van der Waals surface area contributed by atoms with Crippen LogP contribution in [0.5, 0.6) is 5.75 Å². The van der Waals surface area contributed by atoms with Crippen molar-refractivity contribution in [1.29, 1.82) is 5.26 Å². The molecule has 178 valence electrons. The van der Waals surface area contributed by atoms with Gasteiger partial charge in [0.05, 0.1) is 29.5 Å². The number of methoxy groups -OCH3 is 1. The second kappa shape index (κ2) is 8.56. The number of rotatable bonds is 4. The first kappa shape index (κ1) is 24.0. The molecule has 2 aliphatic rings. The van der Waals surface area contributed by atoms with E-state index in [9.17, 15) is 18.0 Å². The largest absolute Gasteiger partial charge is 0.488 e. The zero-order valence-electron chi connectivity index (χ0n) is 18.8. The van der Waals surface area contributed by atoms with Crippen molar-refractivity contribution in [3.05, 3.63) is 53.1 Å². The highest BCUT2D eigenvalue weighted by Gasteiger charge is 2.51. The van der Waals surface area contributed by atoms with Crippen LogP contribution in [0.1, 0.15) is 37.0 Å². The van der Waals surface area contributed by atoms with Crippen LogP contribution in [0.4, 0.5) is 24.5 Å². The third kappa shape index (κ3) is 3.99. The third-order valence-corrected chi connectivity index (χ3v) is 6.40. The Morgan fingerprint density at radius 3 is 2.59 bits per heavy atom. The van der Waals surface area contributed by atoms with Crippen molar-refractivity contribution < 1.29 is 27.4 Å². The van der Waals surface area contributed by atoms with Crippen LogP contribution in [0.25, 0.3) is 0 Å². The van der Waals surface area contributed by atoms with Crippen LogP contribution in [-0.2, 0) is 22.1 Å². The lowest BCUT2D eigenvalue weighted by Crippen LogP contribution is -2.44. The van der Waals surface area contributed by atoms with E-state index in [4.69, 9.17) is 27.0 Å². The lowest BCUT2D eigenvalue weighted by Gasteiger charge is -2.31. The first-order chi connectivity index (χ1) is 16.0. The number of hydrogen-bond acceptors (Lipinski definition) is 5. The van der Waals surface area contributed by atoms with E-state index >= 15 is 0 Å². The van der Waals surface area contributed by atoms with Gasteiger partial charge in [-0.3, -0.25) is 9.69 Å². The Morgan fingerprint density at radius 1 is 1.24 bits per heavy atom. The number of ether oxygens (including phenoxy) is 2. The van der Waals surface area contributed by atoms with Gasteiger partial charge in [-0.25, -0.2) is 0 Å². The summed E-state index contributed by atoms with van der Waals surface area (Å²) in [7, 11) is 1.62. The number of aryl methyl sites for hydroxylation is 1. The average Bonchev–Trinajstić information content (AvgIpc) is 2.96. The molecule has 4 rings (SSSR count). The molecule has 1 amide bonds. The Balaban J connectivity index is 1.71. The predicted octanol–water partition coefficient (Wildman–Crippen LogP) is 4.83. The standard InChI is InChI=1S/C24H22F3N3O3S/c1-23(2)21(31)29(16-6-4-15(12-28)19(11-16)24(25,26)27)22(34)30(23)17-7-9-20-14(10-17)5-8-18(33-20)13-32-3/h4,6-7,9-11,18H,5,8,13H2,1-3H3. The zero-order valence-corrected chi connectivity index (χ0v) is 19.6. The lowest BCUT2D eigenvalue weighted by atomic mass is 9.99. The van der Waals surface area contributed by atoms with E-state index in [0.29, 0.717) is 12.3 Å². The number of carbonyl (C=O) groups is 1. The molecule has 10 heteroatoms. The number of nitriles is 1. The number of nitrogens with zero attached hydrogens (tertiary/aromatic N) is 3. The molecule has 0 aromatic heterocycles. The minimum Gasteiger partial charge on any atom is -0.488 e. The molecular weight excluding hydrogens is 467 g/mol. The SMILES string of the molecule is COCC1CCc2cc(N3C(=S)N(c4ccc(C#N)c(C(F)(F)F)c4)C(=O)C3(C)C)ccc2O1. The lowest BCUT2D eigenvalue weighted by molar-refractivity contribution is -0.137. The van der Waals surface area contributed by atoms with Crippen LogP contribution in [0.15, 0.2) is 36.4 Å². The normalized spacial score (nSPS) is 19.6. The molecule has 1 atom stereocenters. The van der Waals surface area contributed by atoms with Crippen LogP contribution >= 0.6 is 12.2 Å². The zero-order chi connectivity index (χ0) is 24.8. The van der Waals surface area contributed by atoms with Crippen LogP contribution in [0.3, 0.4) is 0 Å². The highest BCUT2D eigenvalue weighted by molar-refractivity contribution is 7.81. The number of anilines is 2. The first-order valence-corrected chi connectivity index (χ1v) is 11.0. The fourth-order valence-corrected chi connectivity index (χ4v) is 4.85. The summed E-state index contributed by atoms with van der Waals surface area (Å²) < 4.78 is 51.7. The van der Waals surface area contributed by atoms with Gasteiger partial charge in [-0.15, -0.1) is 0 Å². The van der Waals surface area contributed by atoms with Crippen LogP contribution < -0.4 is 14.5 Å². The molecule has 0 N–H and O–H groups in total. The van der Waals surface area contributed by atoms with E-state index in [-0.39, 0.29) is 16.9 Å². The van der Waals surface area contributed by atoms with Crippen molar-refractivity contribution in [1.82, 2.24) is 0 Å². The Kier molecular flexibility index (Phi) is 6.04. The van der Waals surface area contributed by atoms with E-state index in [1.807, 2.05) is 12.1 Å². The van der Waals surface area contributed by atoms with Crippen molar-refractivity contribution in [3.8, 4) is 11.8 Å². The Morgan fingerprint density at radius 2 is 1.94 bits per heavy atom. The van der Waals surface area contributed by atoms with Crippen LogP contribution in [0, 0.1) is 11.3 Å². The number of amides is 1. The number of halogens is 3. The smallest absolute Gasteiger partial charge is 0.417 e. The van der Waals surface area contributed by atoms with Crippen molar-refractivity contribution >= 4 is 34.6 Å². The molecule has 2 aliphatic heterocycles. The summed E-state index contributed by atoms with van der Waals surface area (Å²) in [6.07, 6.45) is -3.27. The fourth-order valence-electron chi connectivity index (χ4n) is 4.33. The topological polar surface area (TPSA) is 65.8 Å². The maximum absolute atomic E-state index is 13.5. The van der Waals surface area contributed by atoms with Crippen molar-refractivity contribution in [2.24, 2.45) is 0 Å². The summed E-state index contributed by atoms with van der Waals surface area (Å²) in [6, 6.07) is 10.2. The number of benzene rings is 2. The molecule has 2 aromatic carbocycles. The summed E-state index contributed by atoms with van der Waals surface area (Å²) in [5.41, 5.74) is -1.23. The van der Waals surface area contributed by atoms with E-state index in [2.05, 4.69) is 0 Å².